The molecule has 6 heteroatoms. The zero-order valence-corrected chi connectivity index (χ0v) is 12.4. The summed E-state index contributed by atoms with van der Waals surface area (Å²) in [7, 11) is 0. The lowest BCUT2D eigenvalue weighted by Gasteiger charge is -2.13. The van der Waals surface area contributed by atoms with Gasteiger partial charge in [0.1, 0.15) is 23.3 Å². The summed E-state index contributed by atoms with van der Waals surface area (Å²) in [5, 5.41) is 15.2. The van der Waals surface area contributed by atoms with Gasteiger partial charge in [0.2, 0.25) is 0 Å². The first-order chi connectivity index (χ1) is 11.1. The van der Waals surface area contributed by atoms with Gasteiger partial charge in [-0.3, -0.25) is 14.9 Å². The number of fused-ring (bicyclic) bond motifs is 1. The van der Waals surface area contributed by atoms with E-state index < -0.39 is 4.92 Å². The van der Waals surface area contributed by atoms with Gasteiger partial charge in [-0.25, -0.2) is 0 Å². The van der Waals surface area contributed by atoms with Crippen LogP contribution in [0.15, 0.2) is 52.9 Å². The molecule has 3 rings (SSSR count). The van der Waals surface area contributed by atoms with Crippen molar-refractivity contribution in [3.63, 3.8) is 0 Å². The van der Waals surface area contributed by atoms with Crippen molar-refractivity contribution in [1.82, 2.24) is 0 Å². The Morgan fingerprint density at radius 1 is 1.22 bits per heavy atom. The number of nitro groups is 1. The Balaban J connectivity index is 1.91. The minimum Gasteiger partial charge on any atom is -0.459 e. The number of furan rings is 1. The number of nitro benzene ring substituents is 1. The summed E-state index contributed by atoms with van der Waals surface area (Å²) < 4.78 is 5.76. The van der Waals surface area contributed by atoms with Crippen LogP contribution in [0.3, 0.4) is 0 Å². The molecule has 3 aromatic rings. The van der Waals surface area contributed by atoms with E-state index >= 15 is 0 Å². The first-order valence-corrected chi connectivity index (χ1v) is 7.07. The van der Waals surface area contributed by atoms with E-state index in [2.05, 4.69) is 5.32 Å². The zero-order chi connectivity index (χ0) is 16.4. The Morgan fingerprint density at radius 2 is 2.00 bits per heavy atom. The van der Waals surface area contributed by atoms with E-state index in [1.165, 1.54) is 18.2 Å². The van der Waals surface area contributed by atoms with Crippen molar-refractivity contribution in [2.45, 2.75) is 13.0 Å². The van der Waals surface area contributed by atoms with Crippen LogP contribution in [-0.2, 0) is 0 Å². The lowest BCUT2D eigenvalue weighted by atomic mass is 10.1. The maximum Gasteiger partial charge on any atom is 0.293 e. The van der Waals surface area contributed by atoms with Crippen molar-refractivity contribution < 1.29 is 14.1 Å². The molecule has 0 amide bonds. The summed E-state index contributed by atoms with van der Waals surface area (Å²) in [4.78, 5) is 21.4. The Labute approximate surface area is 131 Å². The molecular weight excluding hydrogens is 296 g/mol. The van der Waals surface area contributed by atoms with Gasteiger partial charge >= 0.3 is 0 Å². The van der Waals surface area contributed by atoms with Crippen LogP contribution >= 0.6 is 0 Å². The third-order valence-electron chi connectivity index (χ3n) is 3.60. The van der Waals surface area contributed by atoms with E-state index in [1.54, 1.807) is 0 Å². The maximum atomic E-state index is 11.2. The molecule has 0 saturated heterocycles. The van der Waals surface area contributed by atoms with Gasteiger partial charge in [-0.15, -0.1) is 0 Å². The number of nitrogens with one attached hydrogen (secondary N) is 1. The Hall–Kier alpha value is -3.15. The average molecular weight is 310 g/mol. The number of hydrogen-bond donors (Lipinski definition) is 1. The van der Waals surface area contributed by atoms with Crippen molar-refractivity contribution in [3.05, 3.63) is 70.0 Å². The third-order valence-corrected chi connectivity index (χ3v) is 3.60. The van der Waals surface area contributed by atoms with Crippen LogP contribution in [0.5, 0.6) is 0 Å². The van der Waals surface area contributed by atoms with Gasteiger partial charge in [0.05, 0.1) is 11.0 Å². The molecule has 0 bridgehead atoms. The summed E-state index contributed by atoms with van der Waals surface area (Å²) >= 11 is 0. The van der Waals surface area contributed by atoms with Crippen LogP contribution in [-0.4, -0.2) is 11.2 Å². The summed E-state index contributed by atoms with van der Waals surface area (Å²) in [5.41, 5.74) is 1.23. The molecule has 0 fully saturated rings. The fourth-order valence-electron chi connectivity index (χ4n) is 2.42. The van der Waals surface area contributed by atoms with Crippen LogP contribution in [0.4, 0.5) is 11.4 Å². The van der Waals surface area contributed by atoms with E-state index in [1.807, 2.05) is 37.3 Å². The first-order valence-electron chi connectivity index (χ1n) is 7.07. The van der Waals surface area contributed by atoms with Gasteiger partial charge in [-0.2, -0.15) is 0 Å². The molecule has 116 valence electrons. The number of aldehydes is 1. The smallest absolute Gasteiger partial charge is 0.293 e. The molecule has 0 aliphatic heterocycles. The van der Waals surface area contributed by atoms with Crippen molar-refractivity contribution in [2.75, 3.05) is 5.32 Å². The molecule has 1 aromatic heterocycles. The van der Waals surface area contributed by atoms with Crippen LogP contribution in [0.25, 0.3) is 11.0 Å². The van der Waals surface area contributed by atoms with E-state index in [0.29, 0.717) is 17.7 Å². The van der Waals surface area contributed by atoms with E-state index in [4.69, 9.17) is 4.42 Å². The first kappa shape index (κ1) is 14.8. The highest BCUT2D eigenvalue weighted by Crippen LogP contribution is 2.31. The van der Waals surface area contributed by atoms with Gasteiger partial charge in [-0.05, 0) is 31.2 Å². The summed E-state index contributed by atoms with van der Waals surface area (Å²) in [5.74, 6) is 0.681. The standard InChI is InChI=1S/C17H14N2O4/c1-11(17-9-13-4-2-3-5-16(13)23-17)18-14-7-6-12(10-20)8-15(14)19(21)22/h2-11,18H,1H3/t11-/m0/s1. The van der Waals surface area contributed by atoms with Crippen molar-refractivity contribution in [2.24, 2.45) is 0 Å². The van der Waals surface area contributed by atoms with Crippen molar-refractivity contribution in [3.8, 4) is 0 Å². The van der Waals surface area contributed by atoms with Crippen LogP contribution < -0.4 is 5.32 Å². The average Bonchev–Trinajstić information content (AvgIpc) is 2.99. The highest BCUT2D eigenvalue weighted by atomic mass is 16.6. The van der Waals surface area contributed by atoms with Crippen LogP contribution in [0.2, 0.25) is 0 Å². The summed E-state index contributed by atoms with van der Waals surface area (Å²) in [6, 6.07) is 13.6. The minimum atomic E-state index is -0.513. The quantitative estimate of drug-likeness (QED) is 0.431. The molecule has 1 N–H and O–H groups in total. The number of carbonyl (C=O) groups is 1. The topological polar surface area (TPSA) is 85.4 Å². The number of carbonyl (C=O) groups excluding carboxylic acids is 1. The van der Waals surface area contributed by atoms with E-state index in [-0.39, 0.29) is 17.3 Å². The molecule has 0 unspecified atom stereocenters. The predicted molar refractivity (Wildman–Crippen MR) is 86.7 cm³/mol. The molecule has 23 heavy (non-hydrogen) atoms. The lowest BCUT2D eigenvalue weighted by molar-refractivity contribution is -0.384. The van der Waals surface area contributed by atoms with Crippen molar-refractivity contribution >= 4 is 28.6 Å². The highest BCUT2D eigenvalue weighted by Gasteiger charge is 2.18. The maximum absolute atomic E-state index is 11.2. The van der Waals surface area contributed by atoms with Crippen LogP contribution in [0, 0.1) is 10.1 Å². The predicted octanol–water partition coefficient (Wildman–Crippen LogP) is 4.33. The third kappa shape index (κ3) is 2.91. The molecule has 0 spiro atoms. The molecule has 0 aliphatic rings. The molecular formula is C17H14N2O4. The summed E-state index contributed by atoms with van der Waals surface area (Å²) in [6.07, 6.45) is 0.583. The SMILES string of the molecule is C[C@H](Nc1ccc(C=O)cc1[N+](=O)[O-])c1cc2ccccc2o1. The number of nitrogens with zero attached hydrogens (tertiary/aromatic N) is 1. The minimum absolute atomic E-state index is 0.141. The molecule has 0 saturated carbocycles. The molecule has 6 nitrogen and oxygen atoms in total. The fraction of sp³-hybridized carbons (Fsp3) is 0.118. The van der Waals surface area contributed by atoms with Gasteiger partial charge in [0.15, 0.2) is 0 Å². The van der Waals surface area contributed by atoms with Gasteiger partial charge in [0.25, 0.3) is 5.69 Å². The Morgan fingerprint density at radius 3 is 2.70 bits per heavy atom. The second kappa shape index (κ2) is 5.92. The molecule has 2 aromatic carbocycles. The van der Waals surface area contributed by atoms with Crippen molar-refractivity contribution in [1.29, 1.82) is 0 Å². The second-order valence-corrected chi connectivity index (χ2v) is 5.20. The number of rotatable bonds is 5. The number of anilines is 1. The normalized spacial score (nSPS) is 12.0. The molecule has 1 heterocycles. The number of para-hydroxylation sites is 1. The monoisotopic (exact) mass is 310 g/mol. The lowest BCUT2D eigenvalue weighted by Crippen LogP contribution is -2.07. The van der Waals surface area contributed by atoms with Gasteiger partial charge < -0.3 is 9.73 Å². The largest absolute Gasteiger partial charge is 0.459 e. The second-order valence-electron chi connectivity index (χ2n) is 5.20. The van der Waals surface area contributed by atoms with Gasteiger partial charge in [-0.1, -0.05) is 18.2 Å². The highest BCUT2D eigenvalue weighted by molar-refractivity contribution is 5.80. The van der Waals surface area contributed by atoms with E-state index in [9.17, 15) is 14.9 Å². The van der Waals surface area contributed by atoms with Crippen LogP contribution in [0.1, 0.15) is 29.1 Å². The Kier molecular flexibility index (Phi) is 3.80. The Bertz CT molecular complexity index is 852. The summed E-state index contributed by atoms with van der Waals surface area (Å²) in [6.45, 7) is 1.86. The number of hydrogen-bond acceptors (Lipinski definition) is 5. The molecule has 0 radical (unpaired) electrons. The fourth-order valence-corrected chi connectivity index (χ4v) is 2.42. The number of benzene rings is 2. The van der Waals surface area contributed by atoms with Gasteiger partial charge in [0, 0.05) is 17.0 Å². The molecule has 1 atom stereocenters. The molecule has 0 aliphatic carbocycles. The zero-order valence-electron chi connectivity index (χ0n) is 12.4. The van der Waals surface area contributed by atoms with E-state index in [0.717, 1.165) is 11.0 Å².